The minimum absolute atomic E-state index is 0.620. The second-order valence-electron chi connectivity index (χ2n) is 4.33. The second kappa shape index (κ2) is 6.75. The van der Waals surface area contributed by atoms with Crippen LogP contribution < -0.4 is 14.8 Å². The van der Waals surface area contributed by atoms with Crippen molar-refractivity contribution in [3.05, 3.63) is 41.6 Å². The Morgan fingerprint density at radius 2 is 2.00 bits per heavy atom. The Morgan fingerprint density at radius 3 is 2.70 bits per heavy atom. The highest BCUT2D eigenvalue weighted by molar-refractivity contribution is 5.44. The van der Waals surface area contributed by atoms with E-state index in [0.717, 1.165) is 34.9 Å². The van der Waals surface area contributed by atoms with Crippen LogP contribution in [0.25, 0.3) is 0 Å². The molecule has 0 radical (unpaired) electrons. The maximum atomic E-state index is 5.37. The molecule has 0 aliphatic heterocycles. The van der Waals surface area contributed by atoms with Gasteiger partial charge in [-0.1, -0.05) is 6.92 Å². The van der Waals surface area contributed by atoms with Crippen LogP contribution in [0.1, 0.15) is 18.1 Å². The molecular formula is C15H19N3O2. The maximum absolute atomic E-state index is 5.37. The van der Waals surface area contributed by atoms with E-state index in [1.54, 1.807) is 20.4 Å². The lowest BCUT2D eigenvalue weighted by Crippen LogP contribution is -2.04. The number of ether oxygens (including phenoxy) is 2. The summed E-state index contributed by atoms with van der Waals surface area (Å²) in [7, 11) is 3.29. The van der Waals surface area contributed by atoms with Gasteiger partial charge in [0.1, 0.15) is 17.3 Å². The summed E-state index contributed by atoms with van der Waals surface area (Å²) >= 11 is 0. The predicted molar refractivity (Wildman–Crippen MR) is 78.3 cm³/mol. The zero-order valence-electron chi connectivity index (χ0n) is 12.0. The average Bonchev–Trinajstić information content (AvgIpc) is 2.52. The molecule has 2 rings (SSSR count). The molecule has 0 saturated heterocycles. The number of aryl methyl sites for hydroxylation is 1. The number of anilines is 1. The summed E-state index contributed by atoms with van der Waals surface area (Å²) in [5.41, 5.74) is 2.20. The number of aromatic nitrogens is 2. The first-order chi connectivity index (χ1) is 9.76. The first-order valence-electron chi connectivity index (χ1n) is 6.53. The summed E-state index contributed by atoms with van der Waals surface area (Å²) in [4.78, 5) is 0. The molecule has 0 spiro atoms. The molecule has 0 fully saturated rings. The molecule has 20 heavy (non-hydrogen) atoms. The molecule has 0 amide bonds. The summed E-state index contributed by atoms with van der Waals surface area (Å²) in [5.74, 6) is 2.33. The van der Waals surface area contributed by atoms with Crippen molar-refractivity contribution in [1.82, 2.24) is 10.2 Å². The first kappa shape index (κ1) is 14.1. The standard InChI is InChI=1S/C15H19N3O2/c1-4-11-7-15(18-17-9-11)16-10-12-5-6-13(19-2)8-14(12)20-3/h5-9H,4,10H2,1-3H3,(H,16,18). The highest BCUT2D eigenvalue weighted by Crippen LogP contribution is 2.25. The van der Waals surface area contributed by atoms with Crippen molar-refractivity contribution >= 4 is 5.82 Å². The average molecular weight is 273 g/mol. The third kappa shape index (κ3) is 3.38. The van der Waals surface area contributed by atoms with E-state index in [9.17, 15) is 0 Å². The van der Waals surface area contributed by atoms with E-state index in [1.165, 1.54) is 0 Å². The second-order valence-corrected chi connectivity index (χ2v) is 4.33. The van der Waals surface area contributed by atoms with Crippen molar-refractivity contribution in [2.75, 3.05) is 19.5 Å². The molecule has 1 heterocycles. The van der Waals surface area contributed by atoms with Crippen LogP contribution >= 0.6 is 0 Å². The molecule has 5 heteroatoms. The SMILES string of the molecule is CCc1cnnc(NCc2ccc(OC)cc2OC)c1. The van der Waals surface area contributed by atoms with Gasteiger partial charge in [-0.05, 0) is 30.2 Å². The van der Waals surface area contributed by atoms with Gasteiger partial charge in [-0.15, -0.1) is 5.10 Å². The normalized spacial score (nSPS) is 10.2. The molecule has 1 aromatic heterocycles. The fraction of sp³-hybridized carbons (Fsp3) is 0.333. The molecular weight excluding hydrogens is 254 g/mol. The van der Waals surface area contributed by atoms with Crippen molar-refractivity contribution in [2.24, 2.45) is 0 Å². The number of rotatable bonds is 6. The highest BCUT2D eigenvalue weighted by Gasteiger charge is 2.05. The maximum Gasteiger partial charge on any atom is 0.149 e. The molecule has 0 aliphatic carbocycles. The quantitative estimate of drug-likeness (QED) is 0.877. The fourth-order valence-corrected chi connectivity index (χ4v) is 1.87. The largest absolute Gasteiger partial charge is 0.497 e. The van der Waals surface area contributed by atoms with Crippen LogP contribution in [0.5, 0.6) is 11.5 Å². The number of methoxy groups -OCH3 is 2. The molecule has 0 aliphatic rings. The van der Waals surface area contributed by atoms with E-state index in [0.29, 0.717) is 6.54 Å². The van der Waals surface area contributed by atoms with Crippen molar-refractivity contribution < 1.29 is 9.47 Å². The lowest BCUT2D eigenvalue weighted by Gasteiger charge is -2.11. The Hall–Kier alpha value is -2.30. The summed E-state index contributed by atoms with van der Waals surface area (Å²) in [6.45, 7) is 2.71. The number of nitrogens with one attached hydrogen (secondary N) is 1. The third-order valence-corrected chi connectivity index (χ3v) is 3.07. The minimum Gasteiger partial charge on any atom is -0.497 e. The van der Waals surface area contributed by atoms with E-state index in [1.807, 2.05) is 24.3 Å². The van der Waals surface area contributed by atoms with Gasteiger partial charge >= 0.3 is 0 Å². The predicted octanol–water partition coefficient (Wildman–Crippen LogP) is 2.67. The van der Waals surface area contributed by atoms with Gasteiger partial charge in [-0.3, -0.25) is 0 Å². The molecule has 0 saturated carbocycles. The van der Waals surface area contributed by atoms with Gasteiger partial charge in [0.15, 0.2) is 0 Å². The Kier molecular flexibility index (Phi) is 4.76. The minimum atomic E-state index is 0.620. The van der Waals surface area contributed by atoms with Gasteiger partial charge in [0.2, 0.25) is 0 Å². The Balaban J connectivity index is 2.10. The van der Waals surface area contributed by atoms with Gasteiger partial charge in [0.25, 0.3) is 0 Å². The zero-order chi connectivity index (χ0) is 14.4. The van der Waals surface area contributed by atoms with Crippen LogP contribution in [-0.4, -0.2) is 24.4 Å². The van der Waals surface area contributed by atoms with Gasteiger partial charge in [0, 0.05) is 18.2 Å². The molecule has 2 aromatic rings. The van der Waals surface area contributed by atoms with E-state index in [-0.39, 0.29) is 0 Å². The van der Waals surface area contributed by atoms with E-state index < -0.39 is 0 Å². The smallest absolute Gasteiger partial charge is 0.149 e. The molecule has 0 unspecified atom stereocenters. The van der Waals surface area contributed by atoms with Gasteiger partial charge in [-0.2, -0.15) is 5.10 Å². The first-order valence-corrected chi connectivity index (χ1v) is 6.53. The Bertz CT molecular complexity index is 573. The van der Waals surface area contributed by atoms with E-state index in [2.05, 4.69) is 22.4 Å². The fourth-order valence-electron chi connectivity index (χ4n) is 1.87. The van der Waals surface area contributed by atoms with Crippen LogP contribution in [0.3, 0.4) is 0 Å². The van der Waals surface area contributed by atoms with Crippen molar-refractivity contribution in [1.29, 1.82) is 0 Å². The van der Waals surface area contributed by atoms with Crippen molar-refractivity contribution in [2.45, 2.75) is 19.9 Å². The molecule has 1 N–H and O–H groups in total. The van der Waals surface area contributed by atoms with Crippen molar-refractivity contribution in [3.63, 3.8) is 0 Å². The van der Waals surface area contributed by atoms with Crippen LogP contribution in [-0.2, 0) is 13.0 Å². The summed E-state index contributed by atoms with van der Waals surface area (Å²) < 4.78 is 10.5. The van der Waals surface area contributed by atoms with Crippen molar-refractivity contribution in [3.8, 4) is 11.5 Å². The van der Waals surface area contributed by atoms with Crippen LogP contribution in [0, 0.1) is 0 Å². The molecule has 0 bridgehead atoms. The van der Waals surface area contributed by atoms with Gasteiger partial charge < -0.3 is 14.8 Å². The lowest BCUT2D eigenvalue weighted by molar-refractivity contribution is 0.391. The molecule has 1 aromatic carbocycles. The number of hydrogen-bond donors (Lipinski definition) is 1. The number of nitrogens with zero attached hydrogens (tertiary/aromatic N) is 2. The lowest BCUT2D eigenvalue weighted by atomic mass is 10.2. The molecule has 5 nitrogen and oxygen atoms in total. The highest BCUT2D eigenvalue weighted by atomic mass is 16.5. The van der Waals surface area contributed by atoms with Crippen LogP contribution in [0.2, 0.25) is 0 Å². The number of benzene rings is 1. The van der Waals surface area contributed by atoms with Gasteiger partial charge in [-0.25, -0.2) is 0 Å². The summed E-state index contributed by atoms with van der Waals surface area (Å²) in [6, 6.07) is 7.75. The molecule has 106 valence electrons. The third-order valence-electron chi connectivity index (χ3n) is 3.07. The zero-order valence-corrected chi connectivity index (χ0v) is 12.0. The van der Waals surface area contributed by atoms with E-state index in [4.69, 9.17) is 9.47 Å². The topological polar surface area (TPSA) is 56.3 Å². The molecule has 0 atom stereocenters. The summed E-state index contributed by atoms with van der Waals surface area (Å²) in [6.07, 6.45) is 2.72. The van der Waals surface area contributed by atoms with Crippen LogP contribution in [0.4, 0.5) is 5.82 Å². The number of hydrogen-bond acceptors (Lipinski definition) is 5. The van der Waals surface area contributed by atoms with E-state index >= 15 is 0 Å². The van der Waals surface area contributed by atoms with Gasteiger partial charge in [0.05, 0.1) is 20.4 Å². The van der Waals surface area contributed by atoms with Crippen LogP contribution in [0.15, 0.2) is 30.5 Å². The Labute approximate surface area is 118 Å². The Morgan fingerprint density at radius 1 is 1.15 bits per heavy atom. The summed E-state index contributed by atoms with van der Waals surface area (Å²) in [5, 5.41) is 11.3. The monoisotopic (exact) mass is 273 g/mol.